The quantitative estimate of drug-likeness (QED) is 0.415. The monoisotopic (exact) mass is 335 g/mol. The Balaban J connectivity index is -0.0000000663. The predicted octanol–water partition coefficient (Wildman–Crippen LogP) is 5.49. The van der Waals surface area contributed by atoms with E-state index in [1.807, 2.05) is 0 Å². The first-order chi connectivity index (χ1) is 8.80. The summed E-state index contributed by atoms with van der Waals surface area (Å²) in [5, 5.41) is 10.5. The van der Waals surface area contributed by atoms with Crippen molar-refractivity contribution in [2.45, 2.75) is 34.6 Å². The maximum absolute atomic E-state index is 3.50. The van der Waals surface area contributed by atoms with Crippen molar-refractivity contribution in [3.05, 3.63) is 23.4 Å². The molecule has 0 spiro atoms. The van der Waals surface area contributed by atoms with Gasteiger partial charge < -0.3 is 23.4 Å². The van der Waals surface area contributed by atoms with E-state index < -0.39 is 0 Å². The molecular weight excluding hydrogens is 294 g/mol. The molecule has 1 aliphatic carbocycles. The van der Waals surface area contributed by atoms with E-state index in [9.17, 15) is 0 Å². The molecule has 0 aliphatic heterocycles. The Morgan fingerprint density at radius 2 is 0.476 bits per heavy atom. The Bertz CT molecular complexity index is 119. The molecule has 1 fully saturated rings. The molecule has 4 heteroatoms. The van der Waals surface area contributed by atoms with E-state index in [2.05, 4.69) is 50.6 Å². The summed E-state index contributed by atoms with van der Waals surface area (Å²) in [6, 6.07) is 0. The van der Waals surface area contributed by atoms with Gasteiger partial charge in [0.05, 0.1) is 0 Å². The van der Waals surface area contributed by atoms with Crippen LogP contribution in [0.1, 0.15) is 34.6 Å². The molecule has 1 aliphatic rings. The first-order valence-corrected chi connectivity index (χ1v) is 7.24. The van der Waals surface area contributed by atoms with Crippen LogP contribution in [0.5, 0.6) is 0 Å². The fourth-order valence-corrected chi connectivity index (χ4v) is 2.39. The van der Waals surface area contributed by atoms with E-state index in [0.717, 1.165) is 29.6 Å². The average Bonchev–Trinajstić information content (AvgIpc) is 2.51. The van der Waals surface area contributed by atoms with Gasteiger partial charge in [-0.2, -0.15) is 42.3 Å². The minimum atomic E-state index is 0. The van der Waals surface area contributed by atoms with Crippen molar-refractivity contribution in [3.8, 4) is 0 Å². The summed E-state index contributed by atoms with van der Waals surface area (Å²) in [4.78, 5) is 0. The first-order valence-electron chi connectivity index (χ1n) is 7.24. The maximum Gasteiger partial charge on any atom is 4.00 e. The smallest absolute Gasteiger partial charge is 0.668 e. The van der Waals surface area contributed by atoms with Crippen molar-refractivity contribution in [2.75, 3.05) is 42.3 Å². The molecule has 0 bridgehead atoms. The molecule has 0 amide bonds. The second-order valence-corrected chi connectivity index (χ2v) is 5.64. The maximum atomic E-state index is 3.50. The van der Waals surface area contributed by atoms with Crippen LogP contribution < -0.4 is 0 Å². The van der Waals surface area contributed by atoms with Crippen molar-refractivity contribution in [1.82, 2.24) is 0 Å². The van der Waals surface area contributed by atoms with Gasteiger partial charge in [0.25, 0.3) is 0 Å². The molecule has 3 nitrogen and oxygen atoms in total. The van der Waals surface area contributed by atoms with Gasteiger partial charge in [0.2, 0.25) is 0 Å². The third kappa shape index (κ3) is 16.8. The number of rotatable bonds is 0. The number of hydrogen-bond acceptors (Lipinski definition) is 0. The van der Waals surface area contributed by atoms with Gasteiger partial charge >= 0.3 is 21.7 Å². The van der Waals surface area contributed by atoms with Gasteiger partial charge in [-0.05, 0) is 29.6 Å². The van der Waals surface area contributed by atoms with Crippen LogP contribution in [0.4, 0.5) is 0 Å². The van der Waals surface area contributed by atoms with Gasteiger partial charge in [0.1, 0.15) is 0 Å². The third-order valence-corrected chi connectivity index (χ3v) is 4.15. The zero-order valence-electron chi connectivity index (χ0n) is 16.7. The molecular formula is C17H41N3Ti. The zero-order valence-corrected chi connectivity index (χ0v) is 18.3. The van der Waals surface area contributed by atoms with Crippen LogP contribution in [0.2, 0.25) is 0 Å². The normalized spacial score (nSPS) is 29.0. The van der Waals surface area contributed by atoms with Crippen LogP contribution in [0.15, 0.2) is 0 Å². The third-order valence-electron chi connectivity index (χ3n) is 4.15. The van der Waals surface area contributed by atoms with Crippen LogP contribution in [-0.2, 0) is 21.7 Å². The van der Waals surface area contributed by atoms with Gasteiger partial charge in [-0.1, -0.05) is 34.6 Å². The Morgan fingerprint density at radius 1 is 0.429 bits per heavy atom. The van der Waals surface area contributed by atoms with Gasteiger partial charge in [-0.15, -0.1) is 0 Å². The molecule has 0 radical (unpaired) electrons. The van der Waals surface area contributed by atoms with Gasteiger partial charge in [0.15, 0.2) is 0 Å². The van der Waals surface area contributed by atoms with Gasteiger partial charge in [-0.3, -0.25) is 0 Å². The molecule has 128 valence electrons. The summed E-state index contributed by atoms with van der Waals surface area (Å²) in [6.07, 6.45) is 0. The van der Waals surface area contributed by atoms with Gasteiger partial charge in [-0.25, -0.2) is 0 Å². The molecule has 0 aromatic carbocycles. The van der Waals surface area contributed by atoms with Gasteiger partial charge in [0, 0.05) is 0 Å². The Kier molecular flexibility index (Phi) is 36.2. The fourth-order valence-electron chi connectivity index (χ4n) is 2.39. The Labute approximate surface area is 151 Å². The Hall–Kier alpha value is 0.594. The van der Waals surface area contributed by atoms with E-state index in [1.165, 1.54) is 0 Å². The predicted molar refractivity (Wildman–Crippen MR) is 97.9 cm³/mol. The van der Waals surface area contributed by atoms with E-state index in [0.29, 0.717) is 0 Å². The van der Waals surface area contributed by atoms with Crippen molar-refractivity contribution in [3.63, 3.8) is 0 Å². The molecule has 0 atom stereocenters. The Morgan fingerprint density at radius 3 is 0.524 bits per heavy atom. The molecule has 1 rings (SSSR count). The average molecular weight is 335 g/mol. The van der Waals surface area contributed by atoms with Crippen LogP contribution in [0, 0.1) is 37.0 Å². The van der Waals surface area contributed by atoms with Crippen LogP contribution in [0.3, 0.4) is 0 Å². The minimum Gasteiger partial charge on any atom is -0.668 e. The number of nitrogens with zero attached hydrogens (tertiary/aromatic N) is 3. The number of hydrogen-bond donors (Lipinski definition) is 0. The van der Waals surface area contributed by atoms with Crippen LogP contribution >= 0.6 is 0 Å². The van der Waals surface area contributed by atoms with Crippen molar-refractivity contribution in [1.29, 1.82) is 0 Å². The summed E-state index contributed by atoms with van der Waals surface area (Å²) >= 11 is 0. The molecule has 1 saturated carbocycles. The molecule has 0 aromatic heterocycles. The zero-order chi connectivity index (χ0) is 16.0. The summed E-state index contributed by atoms with van der Waals surface area (Å²) < 4.78 is 0. The SMILES string of the molecule is CC1C(C)C(C)C(C)C1C.C[N-]C.C[N-]C.C[N-]C.[CH3-].[Ti+4]. The minimum absolute atomic E-state index is 0. The molecule has 0 N–H and O–H groups in total. The molecule has 0 aromatic rings. The van der Waals surface area contributed by atoms with Crippen molar-refractivity contribution >= 4 is 0 Å². The van der Waals surface area contributed by atoms with Crippen molar-refractivity contribution in [2.24, 2.45) is 29.6 Å². The summed E-state index contributed by atoms with van der Waals surface area (Å²) in [5.41, 5.74) is 0. The van der Waals surface area contributed by atoms with Crippen LogP contribution in [-0.4, -0.2) is 42.3 Å². The second kappa shape index (κ2) is 22.9. The largest absolute Gasteiger partial charge is 4.00 e. The van der Waals surface area contributed by atoms with Crippen LogP contribution in [0.25, 0.3) is 16.0 Å². The van der Waals surface area contributed by atoms with Crippen molar-refractivity contribution < 1.29 is 21.7 Å². The second-order valence-electron chi connectivity index (χ2n) is 5.64. The topological polar surface area (TPSA) is 42.3 Å². The standard InChI is InChI=1S/C10H20.3C2H6N.CH3.Ti/c1-6-7(2)9(4)10(5)8(6)3;3*1-3-2;;/h6-10H,1-5H3;3*1-2H3;1H3;/q;4*-1;+4. The summed E-state index contributed by atoms with van der Waals surface area (Å²) in [7, 11) is 10.5. The van der Waals surface area contributed by atoms with E-state index in [4.69, 9.17) is 0 Å². The first kappa shape index (κ1) is 33.3. The molecule has 0 saturated heterocycles. The van der Waals surface area contributed by atoms with E-state index in [-0.39, 0.29) is 29.1 Å². The fraction of sp³-hybridized carbons (Fsp3) is 0.941. The van der Waals surface area contributed by atoms with E-state index in [1.54, 1.807) is 42.3 Å². The van der Waals surface area contributed by atoms with E-state index >= 15 is 0 Å². The summed E-state index contributed by atoms with van der Waals surface area (Å²) in [6.45, 7) is 12.0. The molecule has 21 heavy (non-hydrogen) atoms. The molecule has 0 heterocycles. The summed E-state index contributed by atoms with van der Waals surface area (Å²) in [5.74, 6) is 4.68. The molecule has 0 unspecified atom stereocenters.